The summed E-state index contributed by atoms with van der Waals surface area (Å²) in [5, 5.41) is 12.9. The third-order valence-corrected chi connectivity index (χ3v) is 6.03. The summed E-state index contributed by atoms with van der Waals surface area (Å²) < 4.78 is 13.4. The molecule has 2 amide bonds. The Labute approximate surface area is 161 Å². The van der Waals surface area contributed by atoms with Gasteiger partial charge in [0.15, 0.2) is 0 Å². The number of alkyl halides is 1. The summed E-state index contributed by atoms with van der Waals surface area (Å²) in [6.45, 7) is 1.43. The standard InChI is InChI=1S/C19H20ClFN4O2/c20-12-3-1-11(2-4-12)19(27)24-9-15-16(10-24)18(15)23-7-17(26)25-8-13(21)5-14(25)6-22/h1-4,13-16,18,23H,5,7-10H2/t13?,14-,15?,16?,18?/m1/s1. The Hall–Kier alpha value is -2.17. The van der Waals surface area contributed by atoms with Crippen LogP contribution in [0.3, 0.4) is 0 Å². The maximum atomic E-state index is 13.4. The minimum Gasteiger partial charge on any atom is -0.338 e. The number of likely N-dealkylation sites (tertiary alicyclic amines) is 2. The molecule has 1 saturated carbocycles. The van der Waals surface area contributed by atoms with Crippen LogP contribution in [0.1, 0.15) is 16.8 Å². The van der Waals surface area contributed by atoms with Gasteiger partial charge in [0.1, 0.15) is 12.2 Å². The van der Waals surface area contributed by atoms with Gasteiger partial charge in [-0.15, -0.1) is 0 Å². The zero-order valence-electron chi connectivity index (χ0n) is 14.6. The number of nitriles is 1. The van der Waals surface area contributed by atoms with E-state index in [4.69, 9.17) is 16.9 Å². The fourth-order valence-electron chi connectivity index (χ4n) is 4.26. The number of rotatable bonds is 4. The van der Waals surface area contributed by atoms with Gasteiger partial charge in [-0.1, -0.05) is 11.6 Å². The summed E-state index contributed by atoms with van der Waals surface area (Å²) in [5.41, 5.74) is 0.623. The number of carbonyl (C=O) groups excluding carboxylic acids is 2. The van der Waals surface area contributed by atoms with Crippen LogP contribution in [0.25, 0.3) is 0 Å². The fraction of sp³-hybridized carbons (Fsp3) is 0.526. The van der Waals surface area contributed by atoms with Gasteiger partial charge in [0, 0.05) is 36.1 Å². The molecule has 0 spiro atoms. The van der Waals surface area contributed by atoms with Crippen molar-refractivity contribution in [1.82, 2.24) is 15.1 Å². The van der Waals surface area contributed by atoms with E-state index in [2.05, 4.69) is 5.32 Å². The van der Waals surface area contributed by atoms with Crippen LogP contribution in [0, 0.1) is 23.2 Å². The summed E-state index contributed by atoms with van der Waals surface area (Å²) in [6, 6.07) is 8.39. The minimum atomic E-state index is -1.12. The molecule has 2 aliphatic heterocycles. The van der Waals surface area contributed by atoms with Crippen LogP contribution in [0.4, 0.5) is 4.39 Å². The number of piperidine rings is 1. The minimum absolute atomic E-state index is 0.000362. The molecule has 4 atom stereocenters. The monoisotopic (exact) mass is 390 g/mol. The molecular weight excluding hydrogens is 371 g/mol. The maximum Gasteiger partial charge on any atom is 0.253 e. The summed E-state index contributed by atoms with van der Waals surface area (Å²) >= 11 is 5.86. The lowest BCUT2D eigenvalue weighted by Crippen LogP contribution is -2.43. The smallest absolute Gasteiger partial charge is 0.253 e. The molecule has 1 aromatic rings. The van der Waals surface area contributed by atoms with Crippen molar-refractivity contribution in [1.29, 1.82) is 5.26 Å². The molecule has 2 saturated heterocycles. The van der Waals surface area contributed by atoms with Gasteiger partial charge in [-0.3, -0.25) is 9.59 Å². The highest BCUT2D eigenvalue weighted by molar-refractivity contribution is 6.30. The van der Waals surface area contributed by atoms with Crippen molar-refractivity contribution < 1.29 is 14.0 Å². The highest BCUT2D eigenvalue weighted by atomic mass is 35.5. The van der Waals surface area contributed by atoms with E-state index >= 15 is 0 Å². The number of hydrogen-bond donors (Lipinski definition) is 1. The van der Waals surface area contributed by atoms with Crippen LogP contribution >= 0.6 is 11.6 Å². The molecule has 8 heteroatoms. The van der Waals surface area contributed by atoms with Crippen LogP contribution in [0.5, 0.6) is 0 Å². The van der Waals surface area contributed by atoms with E-state index in [0.717, 1.165) is 0 Å². The second-order valence-corrected chi connectivity index (χ2v) is 7.91. The van der Waals surface area contributed by atoms with Gasteiger partial charge >= 0.3 is 0 Å². The normalized spacial score (nSPS) is 31.5. The first kappa shape index (κ1) is 18.2. The highest BCUT2D eigenvalue weighted by Gasteiger charge is 2.56. The second-order valence-electron chi connectivity index (χ2n) is 7.48. The summed E-state index contributed by atoms with van der Waals surface area (Å²) in [7, 11) is 0. The molecule has 27 heavy (non-hydrogen) atoms. The van der Waals surface area contributed by atoms with Crippen LogP contribution in [-0.4, -0.2) is 66.0 Å². The Kier molecular flexibility index (Phi) is 4.79. The van der Waals surface area contributed by atoms with Crippen molar-refractivity contribution in [2.45, 2.75) is 24.7 Å². The largest absolute Gasteiger partial charge is 0.338 e. The maximum absolute atomic E-state index is 13.4. The fourth-order valence-corrected chi connectivity index (χ4v) is 4.39. The Morgan fingerprint density at radius 1 is 1.22 bits per heavy atom. The van der Waals surface area contributed by atoms with E-state index in [-0.39, 0.29) is 37.4 Å². The predicted octanol–water partition coefficient (Wildman–Crippen LogP) is 1.46. The SMILES string of the molecule is N#C[C@H]1CC(F)CN1C(=O)CNC1C2CN(C(=O)c3ccc(Cl)cc3)CC21. The Bertz CT molecular complexity index is 784. The Morgan fingerprint density at radius 2 is 1.89 bits per heavy atom. The number of halogens is 2. The first-order valence-corrected chi connectivity index (χ1v) is 9.47. The lowest BCUT2D eigenvalue weighted by molar-refractivity contribution is -0.130. The number of carbonyl (C=O) groups is 2. The summed E-state index contributed by atoms with van der Waals surface area (Å²) in [5.74, 6) is 0.444. The number of amides is 2. The summed E-state index contributed by atoms with van der Waals surface area (Å²) in [6.07, 6.45) is -1.02. The molecule has 0 aromatic heterocycles. The van der Waals surface area contributed by atoms with Crippen LogP contribution < -0.4 is 5.32 Å². The molecule has 2 heterocycles. The van der Waals surface area contributed by atoms with E-state index in [9.17, 15) is 14.0 Å². The van der Waals surface area contributed by atoms with Crippen LogP contribution in [0.2, 0.25) is 5.02 Å². The number of nitrogens with zero attached hydrogens (tertiary/aromatic N) is 3. The highest BCUT2D eigenvalue weighted by Crippen LogP contribution is 2.45. The number of fused-ring (bicyclic) bond motifs is 1. The third kappa shape index (κ3) is 3.52. The molecule has 4 rings (SSSR count). The van der Waals surface area contributed by atoms with Gasteiger partial charge in [0.2, 0.25) is 5.91 Å². The second kappa shape index (κ2) is 7.10. The molecule has 3 aliphatic rings. The molecule has 3 unspecified atom stereocenters. The van der Waals surface area contributed by atoms with Crippen molar-refractivity contribution in [2.24, 2.45) is 11.8 Å². The van der Waals surface area contributed by atoms with Gasteiger partial charge in [-0.05, 0) is 36.1 Å². The van der Waals surface area contributed by atoms with Crippen molar-refractivity contribution in [3.8, 4) is 6.07 Å². The zero-order chi connectivity index (χ0) is 19.1. The average Bonchev–Trinajstić information content (AvgIpc) is 3.00. The molecule has 3 fully saturated rings. The molecule has 0 radical (unpaired) electrons. The van der Waals surface area contributed by atoms with E-state index < -0.39 is 12.2 Å². The van der Waals surface area contributed by atoms with E-state index in [1.165, 1.54) is 4.90 Å². The first-order valence-electron chi connectivity index (χ1n) is 9.09. The molecule has 1 N–H and O–H groups in total. The zero-order valence-corrected chi connectivity index (χ0v) is 15.4. The molecule has 1 aromatic carbocycles. The third-order valence-electron chi connectivity index (χ3n) is 5.78. The van der Waals surface area contributed by atoms with Gasteiger partial charge in [0.05, 0.1) is 19.2 Å². The first-order chi connectivity index (χ1) is 13.0. The lowest BCUT2D eigenvalue weighted by atomic mass is 10.2. The number of nitrogens with one attached hydrogen (secondary N) is 1. The Morgan fingerprint density at radius 3 is 2.52 bits per heavy atom. The van der Waals surface area contributed by atoms with Crippen molar-refractivity contribution >= 4 is 23.4 Å². The van der Waals surface area contributed by atoms with E-state index in [1.54, 1.807) is 24.3 Å². The van der Waals surface area contributed by atoms with Crippen LogP contribution in [-0.2, 0) is 4.79 Å². The van der Waals surface area contributed by atoms with Crippen LogP contribution in [0.15, 0.2) is 24.3 Å². The summed E-state index contributed by atoms with van der Waals surface area (Å²) in [4.78, 5) is 27.9. The number of benzene rings is 1. The van der Waals surface area contributed by atoms with Gasteiger partial charge in [0.25, 0.3) is 5.91 Å². The lowest BCUT2D eigenvalue weighted by Gasteiger charge is -2.22. The quantitative estimate of drug-likeness (QED) is 0.844. The van der Waals surface area contributed by atoms with Gasteiger partial charge in [-0.2, -0.15) is 5.26 Å². The molecule has 0 bridgehead atoms. The molecule has 1 aliphatic carbocycles. The van der Waals surface area contributed by atoms with Gasteiger partial charge in [-0.25, -0.2) is 4.39 Å². The van der Waals surface area contributed by atoms with Crippen molar-refractivity contribution in [2.75, 3.05) is 26.2 Å². The van der Waals surface area contributed by atoms with E-state index in [1.807, 2.05) is 11.0 Å². The average molecular weight is 391 g/mol. The predicted molar refractivity (Wildman–Crippen MR) is 96.8 cm³/mol. The van der Waals surface area contributed by atoms with Gasteiger partial charge < -0.3 is 15.1 Å². The molecular formula is C19H20ClFN4O2. The number of hydrogen-bond acceptors (Lipinski definition) is 4. The Balaban J connectivity index is 1.25. The van der Waals surface area contributed by atoms with Crippen molar-refractivity contribution in [3.05, 3.63) is 34.9 Å². The van der Waals surface area contributed by atoms with E-state index in [0.29, 0.717) is 35.5 Å². The molecule has 142 valence electrons. The topological polar surface area (TPSA) is 76.4 Å². The van der Waals surface area contributed by atoms with Crippen molar-refractivity contribution in [3.63, 3.8) is 0 Å². The molecule has 6 nitrogen and oxygen atoms in total.